The van der Waals surface area contributed by atoms with E-state index in [4.69, 9.17) is 4.74 Å². The van der Waals surface area contributed by atoms with Gasteiger partial charge in [-0.2, -0.15) is 5.10 Å². The fourth-order valence-corrected chi connectivity index (χ4v) is 1.75. The van der Waals surface area contributed by atoms with Gasteiger partial charge in [0.05, 0.1) is 0 Å². The van der Waals surface area contributed by atoms with Crippen LogP contribution in [0, 0.1) is 0 Å². The average molecular weight is 336 g/mol. The van der Waals surface area contributed by atoms with Gasteiger partial charge in [0.15, 0.2) is 6.73 Å². The lowest BCUT2D eigenvalue weighted by atomic mass is 10.3. The van der Waals surface area contributed by atoms with Gasteiger partial charge in [0.2, 0.25) is 0 Å². The van der Waals surface area contributed by atoms with Crippen LogP contribution in [0.5, 0.6) is 5.75 Å². The third kappa shape index (κ3) is 3.96. The van der Waals surface area contributed by atoms with Gasteiger partial charge in [-0.15, -0.1) is 6.58 Å². The Hall–Kier alpha value is -2.08. The summed E-state index contributed by atoms with van der Waals surface area (Å²) < 4.78 is 8.10. The zero-order valence-corrected chi connectivity index (χ0v) is 12.3. The van der Waals surface area contributed by atoms with Crippen molar-refractivity contribution in [1.82, 2.24) is 15.1 Å². The first-order chi connectivity index (χ1) is 9.69. The lowest BCUT2D eigenvalue weighted by molar-refractivity contribution is 0.0951. The first kappa shape index (κ1) is 14.3. The summed E-state index contributed by atoms with van der Waals surface area (Å²) in [6.07, 6.45) is 3.31. The molecule has 1 aromatic carbocycles. The van der Waals surface area contributed by atoms with E-state index in [9.17, 15) is 4.79 Å². The summed E-state index contributed by atoms with van der Waals surface area (Å²) in [7, 11) is 0. The van der Waals surface area contributed by atoms with Crippen LogP contribution < -0.4 is 10.1 Å². The summed E-state index contributed by atoms with van der Waals surface area (Å²) in [5.74, 6) is 0.508. The fraction of sp³-hybridized carbons (Fsp3) is 0.143. The van der Waals surface area contributed by atoms with Crippen LogP contribution in [0.1, 0.15) is 10.5 Å². The van der Waals surface area contributed by atoms with E-state index in [2.05, 4.69) is 32.9 Å². The maximum Gasteiger partial charge on any atom is 0.272 e. The van der Waals surface area contributed by atoms with E-state index >= 15 is 0 Å². The zero-order chi connectivity index (χ0) is 14.4. The van der Waals surface area contributed by atoms with Gasteiger partial charge in [-0.05, 0) is 30.3 Å². The Morgan fingerprint density at radius 2 is 2.15 bits per heavy atom. The van der Waals surface area contributed by atoms with Gasteiger partial charge < -0.3 is 10.1 Å². The monoisotopic (exact) mass is 335 g/mol. The fourth-order valence-electron chi connectivity index (χ4n) is 1.48. The van der Waals surface area contributed by atoms with E-state index < -0.39 is 0 Å². The molecule has 0 fully saturated rings. The smallest absolute Gasteiger partial charge is 0.272 e. The maximum atomic E-state index is 11.6. The topological polar surface area (TPSA) is 56.2 Å². The summed E-state index contributed by atoms with van der Waals surface area (Å²) >= 11 is 3.36. The van der Waals surface area contributed by atoms with Crippen molar-refractivity contribution in [2.45, 2.75) is 6.73 Å². The van der Waals surface area contributed by atoms with Crippen molar-refractivity contribution in [1.29, 1.82) is 0 Å². The number of rotatable bonds is 6. The Balaban J connectivity index is 1.91. The number of aromatic nitrogens is 2. The van der Waals surface area contributed by atoms with Crippen molar-refractivity contribution >= 4 is 21.8 Å². The lowest BCUT2D eigenvalue weighted by Crippen LogP contribution is -2.24. The molecule has 0 radical (unpaired) electrons. The molecule has 104 valence electrons. The van der Waals surface area contributed by atoms with Gasteiger partial charge in [-0.3, -0.25) is 4.79 Å². The second-order valence-electron chi connectivity index (χ2n) is 3.97. The number of nitrogens with zero attached hydrogens (tertiary/aromatic N) is 2. The molecular weight excluding hydrogens is 322 g/mol. The van der Waals surface area contributed by atoms with Gasteiger partial charge in [0.25, 0.3) is 5.91 Å². The van der Waals surface area contributed by atoms with Gasteiger partial charge in [0, 0.05) is 17.2 Å². The number of carbonyl (C=O) groups excluding carboxylic acids is 1. The van der Waals surface area contributed by atoms with E-state index in [-0.39, 0.29) is 12.6 Å². The molecular formula is C14H14BrN3O2. The molecule has 2 rings (SSSR count). The number of nitrogens with one attached hydrogen (secondary N) is 1. The standard InChI is InChI=1S/C14H14BrN3O2/c1-2-8-16-14(19)13-7-9-18(17-13)10-20-12-5-3-11(15)4-6-12/h2-7,9H,1,8,10H2,(H,16,19). The quantitative estimate of drug-likeness (QED) is 0.825. The molecule has 6 heteroatoms. The highest BCUT2D eigenvalue weighted by atomic mass is 79.9. The first-order valence-electron chi connectivity index (χ1n) is 6.00. The Kier molecular flexibility index (Phi) is 4.95. The van der Waals surface area contributed by atoms with Crippen LogP contribution in [-0.4, -0.2) is 22.2 Å². The molecule has 1 aromatic heterocycles. The van der Waals surface area contributed by atoms with Crippen LogP contribution in [0.25, 0.3) is 0 Å². The number of hydrogen-bond donors (Lipinski definition) is 1. The number of halogens is 1. The number of carbonyl (C=O) groups is 1. The molecule has 0 saturated heterocycles. The van der Waals surface area contributed by atoms with Crippen LogP contribution in [0.3, 0.4) is 0 Å². The molecule has 1 amide bonds. The van der Waals surface area contributed by atoms with Gasteiger partial charge >= 0.3 is 0 Å². The van der Waals surface area contributed by atoms with Crippen molar-refractivity contribution in [2.24, 2.45) is 0 Å². The van der Waals surface area contributed by atoms with E-state index in [1.54, 1.807) is 23.0 Å². The third-order valence-electron chi connectivity index (χ3n) is 2.46. The largest absolute Gasteiger partial charge is 0.471 e. The third-order valence-corrected chi connectivity index (χ3v) is 2.99. The molecule has 0 bridgehead atoms. The van der Waals surface area contributed by atoms with E-state index in [0.717, 1.165) is 10.2 Å². The highest BCUT2D eigenvalue weighted by Crippen LogP contribution is 2.16. The number of amides is 1. The number of hydrogen-bond acceptors (Lipinski definition) is 3. The molecule has 0 atom stereocenters. The molecule has 0 saturated carbocycles. The summed E-state index contributed by atoms with van der Waals surface area (Å²) in [6.45, 7) is 4.20. The molecule has 5 nitrogen and oxygen atoms in total. The van der Waals surface area contributed by atoms with Crippen LogP contribution in [-0.2, 0) is 6.73 Å². The highest BCUT2D eigenvalue weighted by Gasteiger charge is 2.08. The first-order valence-corrected chi connectivity index (χ1v) is 6.79. The second kappa shape index (κ2) is 6.91. The summed E-state index contributed by atoms with van der Waals surface area (Å²) in [6, 6.07) is 9.14. The van der Waals surface area contributed by atoms with Crippen LogP contribution in [0.2, 0.25) is 0 Å². The van der Waals surface area contributed by atoms with Gasteiger partial charge in [-0.25, -0.2) is 4.68 Å². The predicted molar refractivity (Wildman–Crippen MR) is 79.5 cm³/mol. The SMILES string of the molecule is C=CCNC(=O)c1ccn(COc2ccc(Br)cc2)n1. The summed E-state index contributed by atoms with van der Waals surface area (Å²) in [4.78, 5) is 11.6. The Labute approximate surface area is 125 Å². The van der Waals surface area contributed by atoms with Crippen molar-refractivity contribution in [3.63, 3.8) is 0 Å². The summed E-state index contributed by atoms with van der Waals surface area (Å²) in [5, 5.41) is 6.79. The van der Waals surface area contributed by atoms with Crippen molar-refractivity contribution < 1.29 is 9.53 Å². The molecule has 2 aromatic rings. The van der Waals surface area contributed by atoms with Gasteiger partial charge in [-0.1, -0.05) is 22.0 Å². The molecule has 1 heterocycles. The minimum atomic E-state index is -0.229. The van der Waals surface area contributed by atoms with Gasteiger partial charge in [0.1, 0.15) is 11.4 Å². The Morgan fingerprint density at radius 1 is 1.40 bits per heavy atom. The van der Waals surface area contributed by atoms with E-state index in [0.29, 0.717) is 12.2 Å². The second-order valence-corrected chi connectivity index (χ2v) is 4.88. The minimum absolute atomic E-state index is 0.229. The molecule has 0 aliphatic carbocycles. The molecule has 0 aliphatic heterocycles. The number of benzene rings is 1. The number of ether oxygens (including phenoxy) is 1. The zero-order valence-electron chi connectivity index (χ0n) is 10.8. The summed E-state index contributed by atoms with van der Waals surface area (Å²) in [5.41, 5.74) is 0.353. The lowest BCUT2D eigenvalue weighted by Gasteiger charge is -2.06. The van der Waals surface area contributed by atoms with Crippen molar-refractivity contribution in [3.05, 3.63) is 59.4 Å². The molecule has 0 spiro atoms. The van der Waals surface area contributed by atoms with E-state index in [1.807, 2.05) is 24.3 Å². The van der Waals surface area contributed by atoms with Crippen LogP contribution in [0.4, 0.5) is 0 Å². The van der Waals surface area contributed by atoms with Crippen LogP contribution in [0.15, 0.2) is 53.7 Å². The molecule has 0 unspecified atom stereocenters. The molecule has 20 heavy (non-hydrogen) atoms. The normalized spacial score (nSPS) is 10.1. The highest BCUT2D eigenvalue weighted by molar-refractivity contribution is 9.10. The molecule has 1 N–H and O–H groups in total. The Bertz CT molecular complexity index is 593. The maximum absolute atomic E-state index is 11.6. The van der Waals surface area contributed by atoms with Crippen molar-refractivity contribution in [3.8, 4) is 5.75 Å². The molecule has 0 aliphatic rings. The van der Waals surface area contributed by atoms with Crippen molar-refractivity contribution in [2.75, 3.05) is 6.54 Å². The Morgan fingerprint density at radius 3 is 2.85 bits per heavy atom. The van der Waals surface area contributed by atoms with Crippen LogP contribution >= 0.6 is 15.9 Å². The minimum Gasteiger partial charge on any atom is -0.471 e. The predicted octanol–water partition coefficient (Wildman–Crippen LogP) is 2.60. The van der Waals surface area contributed by atoms with E-state index in [1.165, 1.54) is 0 Å². The average Bonchev–Trinajstić information content (AvgIpc) is 2.93.